The fraction of sp³-hybridized carbons (Fsp3) is 0.231. The minimum Gasteiger partial charge on any atom is -0.478 e. The van der Waals surface area contributed by atoms with E-state index in [1.165, 1.54) is 12.1 Å². The summed E-state index contributed by atoms with van der Waals surface area (Å²) in [5.41, 5.74) is 9.10. The van der Waals surface area contributed by atoms with Gasteiger partial charge in [0.2, 0.25) is 5.82 Å². The monoisotopic (exact) mass is 535 g/mol. The number of hydrogen-bond acceptors (Lipinski definition) is 7. The van der Waals surface area contributed by atoms with Crippen LogP contribution < -0.4 is 16.4 Å². The number of fused-ring (bicyclic) bond motifs is 2. The van der Waals surface area contributed by atoms with E-state index in [9.17, 15) is 28.3 Å². The molecule has 39 heavy (non-hydrogen) atoms. The molecule has 13 heteroatoms. The lowest BCUT2D eigenvalue weighted by molar-refractivity contribution is 0.0695. The number of carbonyl (C=O) groups is 3. The van der Waals surface area contributed by atoms with Crippen LogP contribution in [0.1, 0.15) is 71.9 Å². The van der Waals surface area contributed by atoms with Gasteiger partial charge in [-0.2, -0.15) is 9.50 Å². The molecule has 2 heterocycles. The van der Waals surface area contributed by atoms with Crippen molar-refractivity contribution in [3.8, 4) is 0 Å². The number of hydrogen-bond donors (Lipinski definition) is 4. The first-order valence-electron chi connectivity index (χ1n) is 12.0. The van der Waals surface area contributed by atoms with Gasteiger partial charge in [0.1, 0.15) is 5.69 Å². The number of halogens is 2. The van der Waals surface area contributed by atoms with Crippen LogP contribution in [0.5, 0.6) is 0 Å². The van der Waals surface area contributed by atoms with E-state index in [0.717, 1.165) is 46.2 Å². The summed E-state index contributed by atoms with van der Waals surface area (Å²) in [6.07, 6.45) is 1.47. The Bertz CT molecular complexity index is 1650. The van der Waals surface area contributed by atoms with Crippen LogP contribution in [0.3, 0.4) is 0 Å². The summed E-state index contributed by atoms with van der Waals surface area (Å²) in [7, 11) is 0. The van der Waals surface area contributed by atoms with E-state index in [-0.39, 0.29) is 42.0 Å². The van der Waals surface area contributed by atoms with Gasteiger partial charge < -0.3 is 21.5 Å². The molecule has 5 N–H and O–H groups in total. The predicted octanol–water partition coefficient (Wildman–Crippen LogP) is 2.22. The predicted molar refractivity (Wildman–Crippen MR) is 133 cm³/mol. The Kier molecular flexibility index (Phi) is 6.74. The number of amides is 2. The molecule has 11 nitrogen and oxygen atoms in total. The van der Waals surface area contributed by atoms with Crippen molar-refractivity contribution < 1.29 is 28.3 Å². The number of carbonyl (C=O) groups excluding carboxylic acids is 2. The first-order chi connectivity index (χ1) is 18.6. The van der Waals surface area contributed by atoms with Crippen molar-refractivity contribution in [2.75, 3.05) is 0 Å². The number of primary amides is 1. The van der Waals surface area contributed by atoms with Crippen molar-refractivity contribution in [1.29, 1.82) is 0 Å². The maximum Gasteiger partial charge on any atom is 0.335 e. The maximum absolute atomic E-state index is 13.6. The van der Waals surface area contributed by atoms with Gasteiger partial charge in [-0.15, -0.1) is 5.10 Å². The van der Waals surface area contributed by atoms with Gasteiger partial charge in [-0.05, 0) is 66.3 Å². The van der Waals surface area contributed by atoms with Crippen LogP contribution in [0.2, 0.25) is 0 Å². The Hall–Kier alpha value is -4.78. The summed E-state index contributed by atoms with van der Waals surface area (Å²) >= 11 is 0. The van der Waals surface area contributed by atoms with Crippen molar-refractivity contribution in [2.45, 2.75) is 38.9 Å². The minimum absolute atomic E-state index is 0.00755. The average molecular weight is 536 g/mol. The van der Waals surface area contributed by atoms with Crippen LogP contribution in [0, 0.1) is 18.6 Å². The molecule has 2 aromatic carbocycles. The molecule has 0 saturated heterocycles. The molecule has 5 rings (SSSR count). The Morgan fingerprint density at radius 1 is 1.10 bits per heavy atom. The highest BCUT2D eigenvalue weighted by molar-refractivity contribution is 5.94. The van der Waals surface area contributed by atoms with Gasteiger partial charge in [0, 0.05) is 19.1 Å². The van der Waals surface area contributed by atoms with E-state index >= 15 is 0 Å². The van der Waals surface area contributed by atoms with E-state index in [0.29, 0.717) is 11.3 Å². The summed E-state index contributed by atoms with van der Waals surface area (Å²) < 4.78 is 27.9. The largest absolute Gasteiger partial charge is 0.478 e. The minimum atomic E-state index is -1.04. The lowest BCUT2D eigenvalue weighted by Crippen LogP contribution is -2.27. The summed E-state index contributed by atoms with van der Waals surface area (Å²) in [5, 5.41) is 19.4. The molecule has 2 aromatic heterocycles. The van der Waals surface area contributed by atoms with Crippen LogP contribution >= 0.6 is 0 Å². The van der Waals surface area contributed by atoms with Gasteiger partial charge in [-0.3, -0.25) is 9.59 Å². The molecule has 200 valence electrons. The lowest BCUT2D eigenvalue weighted by atomic mass is 9.98. The van der Waals surface area contributed by atoms with Crippen LogP contribution in [0.25, 0.3) is 5.78 Å². The molecule has 1 atom stereocenters. The molecular formula is C26H23F2N7O4. The Morgan fingerprint density at radius 3 is 2.62 bits per heavy atom. The molecule has 0 aliphatic heterocycles. The highest BCUT2D eigenvalue weighted by atomic mass is 19.2. The van der Waals surface area contributed by atoms with Gasteiger partial charge >= 0.3 is 5.97 Å². The number of aromatic nitrogens is 4. The molecule has 1 aliphatic rings. The Labute approximate surface area is 220 Å². The van der Waals surface area contributed by atoms with Crippen molar-refractivity contribution in [3.05, 3.63) is 93.1 Å². The summed E-state index contributed by atoms with van der Waals surface area (Å²) in [4.78, 5) is 44.6. The number of rotatable bonds is 8. The first kappa shape index (κ1) is 25.9. The van der Waals surface area contributed by atoms with Gasteiger partial charge in [-0.1, -0.05) is 12.1 Å². The smallest absolute Gasteiger partial charge is 0.335 e. The molecular weight excluding hydrogens is 512 g/mol. The zero-order valence-electron chi connectivity index (χ0n) is 20.7. The number of nitrogens with two attached hydrogens (primary N) is 1. The van der Waals surface area contributed by atoms with Gasteiger partial charge in [0.05, 0.1) is 11.3 Å². The van der Waals surface area contributed by atoms with Crippen LogP contribution in [0.15, 0.2) is 36.4 Å². The number of aromatic carboxylic acids is 1. The van der Waals surface area contributed by atoms with Crippen molar-refractivity contribution in [1.82, 2.24) is 30.2 Å². The molecule has 4 aromatic rings. The quantitative estimate of drug-likeness (QED) is 0.267. The number of carboxylic acid groups (broad SMARTS) is 1. The zero-order chi connectivity index (χ0) is 27.8. The van der Waals surface area contributed by atoms with Crippen molar-refractivity contribution >= 4 is 23.6 Å². The van der Waals surface area contributed by atoms with Crippen LogP contribution in [-0.4, -0.2) is 42.5 Å². The third-order valence-electron chi connectivity index (χ3n) is 6.71. The Balaban J connectivity index is 1.39. The molecule has 0 saturated carbocycles. The normalized spacial score (nSPS) is 14.4. The molecule has 0 spiro atoms. The standard InChI is InChI=1S/C26H23F2N7O4/c1-12-15-5-7-20(17(15)4-3-16(12)25(38)39)30-11-14-9-21(35-26(32-14)33-23(34-35)22(29)36)24(37)31-10-13-2-6-18(27)19(28)8-13/h2-4,6,8-9,20,30H,5,7,10-11H2,1H3,(H2,29,36)(H,31,37)(H,38,39)/t20-/m0/s1. The highest BCUT2D eigenvalue weighted by Gasteiger charge is 2.26. The topological polar surface area (TPSA) is 165 Å². The Morgan fingerprint density at radius 2 is 1.90 bits per heavy atom. The summed E-state index contributed by atoms with van der Waals surface area (Å²) in [6.45, 7) is 1.93. The number of benzene rings is 2. The second-order valence-corrected chi connectivity index (χ2v) is 9.16. The van der Waals surface area contributed by atoms with E-state index in [1.54, 1.807) is 13.0 Å². The highest BCUT2D eigenvalue weighted by Crippen LogP contribution is 2.34. The number of nitrogens with zero attached hydrogens (tertiary/aromatic N) is 4. The van der Waals surface area contributed by atoms with E-state index in [2.05, 4.69) is 25.7 Å². The van der Waals surface area contributed by atoms with Gasteiger partial charge in [0.25, 0.3) is 17.6 Å². The third-order valence-corrected chi connectivity index (χ3v) is 6.71. The summed E-state index contributed by atoms with van der Waals surface area (Å²) in [6, 6.07) is 8.11. The first-order valence-corrected chi connectivity index (χ1v) is 12.0. The summed E-state index contributed by atoms with van der Waals surface area (Å²) in [5.74, 6) is -4.85. The second kappa shape index (κ2) is 10.2. The van der Waals surface area contributed by atoms with E-state index < -0.39 is 29.4 Å². The average Bonchev–Trinajstić information content (AvgIpc) is 3.52. The van der Waals surface area contributed by atoms with Crippen molar-refractivity contribution in [3.63, 3.8) is 0 Å². The van der Waals surface area contributed by atoms with Gasteiger partial charge in [0.15, 0.2) is 11.6 Å². The second-order valence-electron chi connectivity index (χ2n) is 9.16. The fourth-order valence-electron chi connectivity index (χ4n) is 4.75. The maximum atomic E-state index is 13.6. The molecule has 2 amide bonds. The lowest BCUT2D eigenvalue weighted by Gasteiger charge is -2.15. The number of carboxylic acids is 1. The molecule has 0 radical (unpaired) electrons. The molecule has 1 aliphatic carbocycles. The molecule has 0 bridgehead atoms. The number of nitrogens with one attached hydrogen (secondary N) is 2. The van der Waals surface area contributed by atoms with Crippen molar-refractivity contribution in [2.24, 2.45) is 5.73 Å². The SMILES string of the molecule is Cc1c(C(=O)O)ccc2c1CC[C@@H]2NCc1cc(C(=O)NCc2ccc(F)c(F)c2)n2nc(C(N)=O)nc2n1. The van der Waals surface area contributed by atoms with Crippen LogP contribution in [-0.2, 0) is 19.5 Å². The van der Waals surface area contributed by atoms with E-state index in [1.807, 2.05) is 6.07 Å². The fourth-order valence-corrected chi connectivity index (χ4v) is 4.75. The zero-order valence-corrected chi connectivity index (χ0v) is 20.7. The van der Waals surface area contributed by atoms with Gasteiger partial charge in [-0.25, -0.2) is 18.6 Å². The third kappa shape index (κ3) is 5.03. The molecule has 0 fully saturated rings. The van der Waals surface area contributed by atoms with Crippen LogP contribution in [0.4, 0.5) is 8.78 Å². The van der Waals surface area contributed by atoms with E-state index in [4.69, 9.17) is 5.73 Å². The molecule has 0 unspecified atom stereocenters.